The third-order valence-corrected chi connectivity index (χ3v) is 5.07. The molecule has 3 rings (SSSR count). The highest BCUT2D eigenvalue weighted by molar-refractivity contribution is 6.10. The Bertz CT molecular complexity index is 848. The summed E-state index contributed by atoms with van der Waals surface area (Å²) >= 11 is 0. The molecule has 1 aliphatic rings. The molecule has 0 unspecified atom stereocenters. The number of hydrogen-bond acceptors (Lipinski definition) is 4. The maximum Gasteiger partial charge on any atom is 0.260 e. The molecule has 1 amide bonds. The van der Waals surface area contributed by atoms with E-state index in [1.54, 1.807) is 24.1 Å². The van der Waals surface area contributed by atoms with Crippen LogP contribution in [0.25, 0.3) is 0 Å². The summed E-state index contributed by atoms with van der Waals surface area (Å²) in [5.41, 5.74) is 3.13. The molecule has 1 heterocycles. The molecule has 0 N–H and O–H groups in total. The monoisotopic (exact) mass is 410 g/mol. The molecule has 0 aliphatic carbocycles. The predicted molar refractivity (Wildman–Crippen MR) is 125 cm³/mol. The number of aliphatic imine (C=N–C) groups is 1. The molecule has 0 spiro atoms. The Morgan fingerprint density at radius 1 is 1.13 bits per heavy atom. The lowest BCUT2D eigenvalue weighted by atomic mass is 10.1. The van der Waals surface area contributed by atoms with Gasteiger partial charge < -0.3 is 14.4 Å². The van der Waals surface area contributed by atoms with Gasteiger partial charge >= 0.3 is 0 Å². The Hall–Kier alpha value is -2.82. The molecule has 0 saturated carbocycles. The summed E-state index contributed by atoms with van der Waals surface area (Å²) in [5, 5.41) is 0. The van der Waals surface area contributed by atoms with Gasteiger partial charge in [-0.15, -0.1) is 0 Å². The van der Waals surface area contributed by atoms with Gasteiger partial charge in [0.15, 0.2) is 11.5 Å². The molecule has 2 aromatic rings. The van der Waals surface area contributed by atoms with E-state index < -0.39 is 0 Å². The number of methoxy groups -OCH3 is 1. The smallest absolute Gasteiger partial charge is 0.260 e. The van der Waals surface area contributed by atoms with Gasteiger partial charge in [-0.25, -0.2) is 0 Å². The van der Waals surface area contributed by atoms with Crippen LogP contribution in [0.2, 0.25) is 0 Å². The summed E-state index contributed by atoms with van der Waals surface area (Å²) in [7, 11) is 1.58. The van der Waals surface area contributed by atoms with Crippen LogP contribution in [0.1, 0.15) is 62.4 Å². The summed E-state index contributed by atoms with van der Waals surface area (Å²) in [6.45, 7) is 11.1. The van der Waals surface area contributed by atoms with Crippen LogP contribution in [-0.2, 0) is 6.42 Å². The van der Waals surface area contributed by atoms with Crippen molar-refractivity contribution in [2.24, 2.45) is 4.99 Å². The first-order valence-corrected chi connectivity index (χ1v) is 10.9. The van der Waals surface area contributed by atoms with Crippen LogP contribution >= 0.6 is 0 Å². The van der Waals surface area contributed by atoms with Gasteiger partial charge in [-0.2, -0.15) is 0 Å². The fourth-order valence-electron chi connectivity index (χ4n) is 3.53. The molecule has 0 atom stereocenters. The highest BCUT2D eigenvalue weighted by atomic mass is 16.5. The van der Waals surface area contributed by atoms with E-state index in [0.717, 1.165) is 24.9 Å². The number of para-hydroxylation sites is 1. The van der Waals surface area contributed by atoms with Crippen molar-refractivity contribution in [2.45, 2.75) is 52.9 Å². The van der Waals surface area contributed by atoms with Crippen molar-refractivity contribution in [3.8, 4) is 11.5 Å². The number of anilines is 1. The molecule has 0 saturated heterocycles. The second-order valence-electron chi connectivity index (χ2n) is 6.92. The van der Waals surface area contributed by atoms with Gasteiger partial charge in [-0.05, 0) is 37.3 Å². The van der Waals surface area contributed by atoms with Crippen LogP contribution in [0.4, 0.5) is 11.4 Å². The summed E-state index contributed by atoms with van der Waals surface area (Å²) in [4.78, 5) is 19.1. The number of carbonyl (C=O) groups excluding carboxylic acids is 1. The number of nitrogens with zero attached hydrogens (tertiary/aromatic N) is 2. The molecule has 0 fully saturated rings. The topological polar surface area (TPSA) is 51.1 Å². The molecule has 0 radical (unpaired) electrons. The summed E-state index contributed by atoms with van der Waals surface area (Å²) < 4.78 is 11.4. The van der Waals surface area contributed by atoms with Crippen molar-refractivity contribution in [1.29, 1.82) is 0 Å². The Balaban J connectivity index is 0.00000155. The van der Waals surface area contributed by atoms with E-state index in [4.69, 9.17) is 9.47 Å². The zero-order valence-corrected chi connectivity index (χ0v) is 18.7. The fraction of sp³-hybridized carbons (Fsp3) is 0.440. The van der Waals surface area contributed by atoms with Crippen LogP contribution in [0.5, 0.6) is 11.5 Å². The number of carbonyl (C=O) groups is 1. The molecular formula is C25H34N2O3. The summed E-state index contributed by atoms with van der Waals surface area (Å²) in [5.74, 6) is 1.04. The Labute approximate surface area is 180 Å². The van der Waals surface area contributed by atoms with E-state index >= 15 is 0 Å². The van der Waals surface area contributed by atoms with E-state index in [1.807, 2.05) is 32.0 Å². The van der Waals surface area contributed by atoms with Gasteiger partial charge in [0.1, 0.15) is 0 Å². The number of benzene rings is 2. The number of fused-ring (bicyclic) bond motifs is 1. The van der Waals surface area contributed by atoms with Crippen molar-refractivity contribution in [1.82, 2.24) is 0 Å². The molecule has 0 aromatic heterocycles. The number of rotatable bonds is 9. The maximum atomic E-state index is 13.2. The molecule has 1 aliphatic heterocycles. The summed E-state index contributed by atoms with van der Waals surface area (Å²) in [6.07, 6.45) is 5.36. The number of unbranched alkanes of at least 4 members (excludes halogenated alkanes) is 3. The molecular weight excluding hydrogens is 376 g/mol. The molecule has 2 aromatic carbocycles. The van der Waals surface area contributed by atoms with Crippen molar-refractivity contribution >= 4 is 24.0 Å². The Morgan fingerprint density at radius 2 is 1.90 bits per heavy atom. The first-order chi connectivity index (χ1) is 14.7. The fourth-order valence-corrected chi connectivity index (χ4v) is 3.53. The Kier molecular flexibility index (Phi) is 9.39. The predicted octanol–water partition coefficient (Wildman–Crippen LogP) is 6.22. The van der Waals surface area contributed by atoms with Crippen LogP contribution in [0, 0.1) is 0 Å². The van der Waals surface area contributed by atoms with Crippen molar-refractivity contribution in [3.63, 3.8) is 0 Å². The number of amides is 1. The maximum absolute atomic E-state index is 13.2. The quantitative estimate of drug-likeness (QED) is 0.364. The molecule has 5 heteroatoms. The largest absolute Gasteiger partial charge is 0.493 e. The molecule has 162 valence electrons. The van der Waals surface area contributed by atoms with Crippen LogP contribution in [-0.4, -0.2) is 32.9 Å². The zero-order valence-electron chi connectivity index (χ0n) is 18.7. The summed E-state index contributed by atoms with van der Waals surface area (Å²) in [6, 6.07) is 11.5. The highest BCUT2D eigenvalue weighted by Gasteiger charge is 2.28. The Morgan fingerprint density at radius 3 is 2.60 bits per heavy atom. The molecule has 30 heavy (non-hydrogen) atoms. The van der Waals surface area contributed by atoms with Crippen molar-refractivity contribution in [2.75, 3.05) is 25.2 Å². The normalized spacial score (nSPS) is 11.9. The van der Waals surface area contributed by atoms with E-state index in [1.165, 1.54) is 18.4 Å². The number of ether oxygens (including phenoxy) is 2. The van der Waals surface area contributed by atoms with E-state index in [9.17, 15) is 4.79 Å². The minimum Gasteiger partial charge on any atom is -0.493 e. The van der Waals surface area contributed by atoms with Gasteiger partial charge in [0.25, 0.3) is 5.91 Å². The lowest BCUT2D eigenvalue weighted by molar-refractivity contribution is 0.0989. The zero-order chi connectivity index (χ0) is 21.9. The van der Waals surface area contributed by atoms with Gasteiger partial charge in [-0.3, -0.25) is 9.79 Å². The lowest BCUT2D eigenvalue weighted by Gasteiger charge is -2.20. The van der Waals surface area contributed by atoms with Crippen LogP contribution in [0.3, 0.4) is 0 Å². The number of hydrogen-bond donors (Lipinski definition) is 0. The third kappa shape index (κ3) is 5.41. The van der Waals surface area contributed by atoms with Crippen LogP contribution < -0.4 is 14.4 Å². The van der Waals surface area contributed by atoms with E-state index in [0.29, 0.717) is 35.9 Å². The minimum absolute atomic E-state index is 0.0971. The van der Waals surface area contributed by atoms with Gasteiger partial charge in [-0.1, -0.05) is 58.2 Å². The van der Waals surface area contributed by atoms with Gasteiger partial charge in [0.05, 0.1) is 25.0 Å². The van der Waals surface area contributed by atoms with E-state index in [2.05, 4.69) is 24.7 Å². The second-order valence-corrected chi connectivity index (χ2v) is 6.92. The van der Waals surface area contributed by atoms with Crippen molar-refractivity contribution < 1.29 is 14.3 Å². The SMILES string of the molecule is C=Nc1cc(OCCCCCC)c(OC)cc1C(=O)N1CCc2ccccc21.CC. The average molecular weight is 411 g/mol. The first-order valence-electron chi connectivity index (χ1n) is 10.9. The van der Waals surface area contributed by atoms with Crippen molar-refractivity contribution in [3.05, 3.63) is 47.5 Å². The molecule has 5 nitrogen and oxygen atoms in total. The van der Waals surface area contributed by atoms with Crippen LogP contribution in [0.15, 0.2) is 41.4 Å². The highest BCUT2D eigenvalue weighted by Crippen LogP contribution is 2.37. The van der Waals surface area contributed by atoms with Gasteiger partial charge in [0.2, 0.25) is 0 Å². The third-order valence-electron chi connectivity index (χ3n) is 5.07. The minimum atomic E-state index is -0.0971. The lowest BCUT2D eigenvalue weighted by Crippen LogP contribution is -2.29. The second kappa shape index (κ2) is 12.0. The molecule has 0 bridgehead atoms. The average Bonchev–Trinajstić information content (AvgIpc) is 3.23. The van der Waals surface area contributed by atoms with E-state index in [-0.39, 0.29) is 5.91 Å². The van der Waals surface area contributed by atoms with Gasteiger partial charge in [0, 0.05) is 18.3 Å². The standard InChI is InChI=1S/C23H28N2O3.C2H6/c1-4-5-6-9-14-28-22-16-19(24-2)18(15-21(22)27-3)23(26)25-13-12-17-10-7-8-11-20(17)25;1-2/h7-8,10-11,15-16H,2,4-6,9,12-14H2,1,3H3;1-2H3. The first kappa shape index (κ1) is 23.5.